The number of hydrogen-bond acceptors (Lipinski definition) is 5. The zero-order valence-corrected chi connectivity index (χ0v) is 16.2. The molecule has 2 aromatic heterocycles. The van der Waals surface area contributed by atoms with Gasteiger partial charge in [-0.05, 0) is 34.1 Å². The maximum atomic E-state index is 13.0. The Morgan fingerprint density at radius 1 is 1.27 bits per heavy atom. The largest absolute Gasteiger partial charge is 0.493 e. The first kappa shape index (κ1) is 19.7. The van der Waals surface area contributed by atoms with Crippen molar-refractivity contribution in [2.75, 3.05) is 6.61 Å². The number of amides is 1. The van der Waals surface area contributed by atoms with E-state index in [2.05, 4.69) is 10.3 Å². The number of ether oxygens (including phenoxy) is 1. The molecule has 142 valence electrons. The van der Waals surface area contributed by atoms with E-state index in [1.54, 1.807) is 6.20 Å². The van der Waals surface area contributed by atoms with Gasteiger partial charge in [-0.2, -0.15) is 0 Å². The number of rotatable bonds is 5. The Kier molecular flexibility index (Phi) is 5.53. The Balaban J connectivity index is 2.73. The van der Waals surface area contributed by atoms with Gasteiger partial charge in [0.25, 0.3) is 5.56 Å². The third-order valence-electron chi connectivity index (χ3n) is 3.87. The summed E-state index contributed by atoms with van der Waals surface area (Å²) in [5.41, 5.74) is -0.603. The van der Waals surface area contributed by atoms with Crippen molar-refractivity contribution in [2.24, 2.45) is 7.05 Å². The van der Waals surface area contributed by atoms with E-state index in [0.29, 0.717) is 18.8 Å². The van der Waals surface area contributed by atoms with Crippen LogP contribution in [0.3, 0.4) is 0 Å². The average Bonchev–Trinajstić information content (AvgIpc) is 2.55. The Morgan fingerprint density at radius 2 is 1.92 bits per heavy atom. The number of carbonyl (C=O) groups excluding carboxylic acids is 1. The molecule has 0 fully saturated rings. The number of pyridine rings is 1. The summed E-state index contributed by atoms with van der Waals surface area (Å²) in [6, 6.07) is 0. The molecule has 0 unspecified atom stereocenters. The monoisotopic (exact) mass is 362 g/mol. The van der Waals surface area contributed by atoms with E-state index in [-0.39, 0.29) is 17.6 Å². The first-order chi connectivity index (χ1) is 12.1. The Hall–Kier alpha value is -2.64. The van der Waals surface area contributed by atoms with Gasteiger partial charge in [0.15, 0.2) is 5.65 Å². The van der Waals surface area contributed by atoms with E-state index in [1.165, 1.54) is 11.6 Å². The molecule has 26 heavy (non-hydrogen) atoms. The fraction of sp³-hybridized carbons (Fsp3) is 0.556. The first-order valence-electron chi connectivity index (χ1n) is 8.65. The smallest absolute Gasteiger partial charge is 0.332 e. The number of carbonyl (C=O) groups is 1. The van der Waals surface area contributed by atoms with E-state index in [1.807, 2.05) is 34.6 Å². The second kappa shape index (κ2) is 7.31. The molecule has 0 aliphatic heterocycles. The van der Waals surface area contributed by atoms with Crippen LogP contribution in [0.1, 0.15) is 40.2 Å². The predicted octanol–water partition coefficient (Wildman–Crippen LogP) is 0.971. The maximum absolute atomic E-state index is 13.0. The molecule has 0 saturated carbocycles. The Morgan fingerprint density at radius 3 is 2.46 bits per heavy atom. The van der Waals surface area contributed by atoms with Crippen molar-refractivity contribution in [3.63, 3.8) is 0 Å². The van der Waals surface area contributed by atoms with Crippen molar-refractivity contribution >= 4 is 16.9 Å². The minimum absolute atomic E-state index is 0.219. The molecule has 8 nitrogen and oxygen atoms in total. The van der Waals surface area contributed by atoms with Crippen molar-refractivity contribution in [3.8, 4) is 5.75 Å². The maximum Gasteiger partial charge on any atom is 0.332 e. The summed E-state index contributed by atoms with van der Waals surface area (Å²) in [6.45, 7) is 9.26. The lowest BCUT2D eigenvalue weighted by atomic mass is 10.1. The molecule has 0 saturated heterocycles. The first-order valence-corrected chi connectivity index (χ1v) is 8.65. The highest BCUT2D eigenvalue weighted by Gasteiger charge is 2.21. The fourth-order valence-corrected chi connectivity index (χ4v) is 2.77. The molecular formula is C18H26N4O4. The fourth-order valence-electron chi connectivity index (χ4n) is 2.77. The molecule has 0 bridgehead atoms. The van der Waals surface area contributed by atoms with Crippen LogP contribution in [-0.4, -0.2) is 32.2 Å². The van der Waals surface area contributed by atoms with Crippen LogP contribution in [0.25, 0.3) is 11.0 Å². The summed E-state index contributed by atoms with van der Waals surface area (Å²) >= 11 is 0. The van der Waals surface area contributed by atoms with Gasteiger partial charge in [-0.1, -0.05) is 6.92 Å². The summed E-state index contributed by atoms with van der Waals surface area (Å²) in [7, 11) is 1.52. The number of nitrogens with zero attached hydrogens (tertiary/aromatic N) is 3. The SMILES string of the molecule is CCOc1c(CC)cnc2c1c(=O)n(CC(=O)NC(C)(C)C)c(=O)n2C. The lowest BCUT2D eigenvalue weighted by Crippen LogP contribution is -2.47. The van der Waals surface area contributed by atoms with Crippen molar-refractivity contribution in [1.29, 1.82) is 0 Å². The number of nitrogens with one attached hydrogen (secondary N) is 1. The molecule has 0 radical (unpaired) electrons. The van der Waals surface area contributed by atoms with Crippen LogP contribution in [0, 0.1) is 0 Å². The van der Waals surface area contributed by atoms with Gasteiger partial charge in [0.1, 0.15) is 17.7 Å². The molecule has 0 spiro atoms. The van der Waals surface area contributed by atoms with Crippen molar-refractivity contribution in [3.05, 3.63) is 32.6 Å². The lowest BCUT2D eigenvalue weighted by Gasteiger charge is -2.21. The van der Waals surface area contributed by atoms with Crippen LogP contribution in [-0.2, 0) is 24.8 Å². The minimum Gasteiger partial charge on any atom is -0.493 e. The second-order valence-corrected chi connectivity index (χ2v) is 7.13. The molecule has 0 aliphatic rings. The van der Waals surface area contributed by atoms with Crippen LogP contribution in [0.5, 0.6) is 5.75 Å². The molecule has 2 rings (SSSR count). The van der Waals surface area contributed by atoms with Gasteiger partial charge in [-0.15, -0.1) is 0 Å². The molecule has 0 aliphatic carbocycles. The number of aryl methyl sites for hydroxylation is 2. The number of hydrogen-bond donors (Lipinski definition) is 1. The molecule has 2 aromatic rings. The lowest BCUT2D eigenvalue weighted by molar-refractivity contribution is -0.123. The van der Waals surface area contributed by atoms with E-state index in [4.69, 9.17) is 4.74 Å². The predicted molar refractivity (Wildman–Crippen MR) is 99.7 cm³/mol. The van der Waals surface area contributed by atoms with Crippen molar-refractivity contribution < 1.29 is 9.53 Å². The van der Waals surface area contributed by atoms with E-state index in [0.717, 1.165) is 10.1 Å². The highest BCUT2D eigenvalue weighted by Crippen LogP contribution is 2.25. The van der Waals surface area contributed by atoms with E-state index in [9.17, 15) is 14.4 Å². The van der Waals surface area contributed by atoms with Crippen LogP contribution in [0.15, 0.2) is 15.8 Å². The van der Waals surface area contributed by atoms with Crippen molar-refractivity contribution in [1.82, 2.24) is 19.4 Å². The van der Waals surface area contributed by atoms with Crippen LogP contribution in [0.2, 0.25) is 0 Å². The van der Waals surface area contributed by atoms with Gasteiger partial charge in [-0.3, -0.25) is 14.2 Å². The summed E-state index contributed by atoms with van der Waals surface area (Å²) in [5, 5.41) is 2.98. The topological polar surface area (TPSA) is 95.2 Å². The summed E-state index contributed by atoms with van der Waals surface area (Å²) < 4.78 is 7.88. The highest BCUT2D eigenvalue weighted by atomic mass is 16.5. The minimum atomic E-state index is -0.592. The zero-order valence-electron chi connectivity index (χ0n) is 16.2. The van der Waals surface area contributed by atoms with Gasteiger partial charge in [0, 0.05) is 24.3 Å². The summed E-state index contributed by atoms with van der Waals surface area (Å²) in [6.07, 6.45) is 2.24. The molecule has 0 atom stereocenters. The quantitative estimate of drug-likeness (QED) is 0.855. The number of aromatic nitrogens is 3. The summed E-state index contributed by atoms with van der Waals surface area (Å²) in [5.74, 6) is 0.0131. The molecule has 8 heteroatoms. The highest BCUT2D eigenvalue weighted by molar-refractivity contribution is 5.83. The van der Waals surface area contributed by atoms with E-state index < -0.39 is 22.7 Å². The van der Waals surface area contributed by atoms with Crippen molar-refractivity contribution in [2.45, 2.75) is 53.1 Å². The zero-order chi connectivity index (χ0) is 19.6. The van der Waals surface area contributed by atoms with Gasteiger partial charge >= 0.3 is 5.69 Å². The third kappa shape index (κ3) is 3.79. The van der Waals surface area contributed by atoms with Crippen LogP contribution < -0.4 is 21.3 Å². The van der Waals surface area contributed by atoms with Gasteiger partial charge in [-0.25, -0.2) is 14.3 Å². The molecule has 0 aromatic carbocycles. The standard InChI is InChI=1S/C18H26N4O4/c1-7-11-9-19-15-13(14(11)26-8-2)16(24)22(17(25)21(15)6)10-12(23)20-18(3,4)5/h9H,7-8,10H2,1-6H3,(H,20,23). The molecule has 1 N–H and O–H groups in total. The second-order valence-electron chi connectivity index (χ2n) is 7.13. The Labute approximate surface area is 151 Å². The molecular weight excluding hydrogens is 336 g/mol. The molecule has 1 amide bonds. The third-order valence-corrected chi connectivity index (χ3v) is 3.87. The van der Waals surface area contributed by atoms with Crippen LogP contribution in [0.4, 0.5) is 0 Å². The number of fused-ring (bicyclic) bond motifs is 1. The van der Waals surface area contributed by atoms with Gasteiger partial charge in [0.2, 0.25) is 5.91 Å². The van der Waals surface area contributed by atoms with Gasteiger partial charge < -0.3 is 10.1 Å². The normalized spacial score (nSPS) is 11.6. The average molecular weight is 362 g/mol. The van der Waals surface area contributed by atoms with Crippen LogP contribution >= 0.6 is 0 Å². The molecule has 2 heterocycles. The van der Waals surface area contributed by atoms with Gasteiger partial charge in [0.05, 0.1) is 6.61 Å². The Bertz CT molecular complexity index is 951. The summed E-state index contributed by atoms with van der Waals surface area (Å²) in [4.78, 5) is 42.1. The van der Waals surface area contributed by atoms with E-state index >= 15 is 0 Å².